The predicted octanol–water partition coefficient (Wildman–Crippen LogP) is 1.87. The third-order valence-corrected chi connectivity index (χ3v) is 4.04. The highest BCUT2D eigenvalue weighted by atomic mass is 16.7. The number of benzene rings is 2. The van der Waals surface area contributed by atoms with E-state index in [0.29, 0.717) is 13.2 Å². The van der Waals surface area contributed by atoms with E-state index >= 15 is 0 Å². The topological polar surface area (TPSA) is 68.2 Å². The van der Waals surface area contributed by atoms with E-state index in [1.54, 1.807) is 0 Å². The lowest BCUT2D eigenvalue weighted by atomic mass is 10.1. The van der Waals surface area contributed by atoms with Crippen LogP contribution in [0.4, 0.5) is 0 Å². The molecule has 0 spiro atoms. The summed E-state index contributed by atoms with van der Waals surface area (Å²) in [7, 11) is 0. The molecule has 3 rings (SSSR count). The maximum Gasteiger partial charge on any atom is 0.184 e. The summed E-state index contributed by atoms with van der Waals surface area (Å²) in [6, 6.07) is 19.4. The quantitative estimate of drug-likeness (QED) is 0.811. The Kier molecular flexibility index (Phi) is 5.96. The van der Waals surface area contributed by atoms with Crippen molar-refractivity contribution in [3.63, 3.8) is 0 Å². The Morgan fingerprint density at radius 3 is 1.79 bits per heavy atom. The van der Waals surface area contributed by atoms with E-state index in [4.69, 9.17) is 14.2 Å². The minimum absolute atomic E-state index is 0.234. The van der Waals surface area contributed by atoms with Gasteiger partial charge in [0.25, 0.3) is 0 Å². The summed E-state index contributed by atoms with van der Waals surface area (Å²) in [5, 5.41) is 19.6. The first-order chi connectivity index (χ1) is 11.8. The molecule has 1 saturated heterocycles. The molecule has 1 unspecified atom stereocenters. The summed E-state index contributed by atoms with van der Waals surface area (Å²) in [4.78, 5) is 0. The van der Waals surface area contributed by atoms with E-state index in [2.05, 4.69) is 0 Å². The minimum atomic E-state index is -1.12. The molecule has 0 aliphatic carbocycles. The van der Waals surface area contributed by atoms with Crippen LogP contribution in [0.2, 0.25) is 0 Å². The molecular weight excluding hydrogens is 308 g/mol. The van der Waals surface area contributed by atoms with Gasteiger partial charge in [0, 0.05) is 0 Å². The second kappa shape index (κ2) is 8.37. The second-order valence-electron chi connectivity index (χ2n) is 5.77. The Morgan fingerprint density at radius 2 is 1.29 bits per heavy atom. The first-order valence-corrected chi connectivity index (χ1v) is 8.03. The van der Waals surface area contributed by atoms with Crippen molar-refractivity contribution in [1.29, 1.82) is 0 Å². The Bertz CT molecular complexity index is 604. The van der Waals surface area contributed by atoms with Crippen LogP contribution in [0, 0.1) is 0 Å². The molecule has 2 N–H and O–H groups in total. The van der Waals surface area contributed by atoms with Gasteiger partial charge in [0.15, 0.2) is 6.29 Å². The molecule has 0 aromatic heterocycles. The lowest BCUT2D eigenvalue weighted by Crippen LogP contribution is -2.38. The molecule has 1 heterocycles. The van der Waals surface area contributed by atoms with Crippen LogP contribution in [0.1, 0.15) is 11.1 Å². The van der Waals surface area contributed by atoms with Crippen molar-refractivity contribution in [1.82, 2.24) is 0 Å². The van der Waals surface area contributed by atoms with Crippen LogP contribution in [0.25, 0.3) is 0 Å². The number of aliphatic hydroxyl groups is 2. The Labute approximate surface area is 141 Å². The van der Waals surface area contributed by atoms with Crippen LogP contribution in [-0.4, -0.2) is 41.4 Å². The van der Waals surface area contributed by atoms with E-state index in [9.17, 15) is 10.2 Å². The van der Waals surface area contributed by atoms with E-state index in [-0.39, 0.29) is 6.61 Å². The number of hydrogen-bond donors (Lipinski definition) is 2. The van der Waals surface area contributed by atoms with Gasteiger partial charge in [-0.3, -0.25) is 0 Å². The van der Waals surface area contributed by atoms with Gasteiger partial charge in [-0.2, -0.15) is 0 Å². The summed E-state index contributed by atoms with van der Waals surface area (Å²) in [5.74, 6) is 0. The molecule has 5 nitrogen and oxygen atoms in total. The molecular formula is C19H22O5. The van der Waals surface area contributed by atoms with Crippen molar-refractivity contribution >= 4 is 0 Å². The van der Waals surface area contributed by atoms with E-state index in [0.717, 1.165) is 11.1 Å². The lowest BCUT2D eigenvalue weighted by Gasteiger charge is -2.23. The normalized spacial score (nSPS) is 26.6. The largest absolute Gasteiger partial charge is 0.394 e. The van der Waals surface area contributed by atoms with Crippen molar-refractivity contribution in [2.24, 2.45) is 0 Å². The summed E-state index contributed by atoms with van der Waals surface area (Å²) in [6.45, 7) is 0.472. The smallest absolute Gasteiger partial charge is 0.184 e. The molecule has 2 aromatic carbocycles. The van der Waals surface area contributed by atoms with Crippen LogP contribution in [0.3, 0.4) is 0 Å². The minimum Gasteiger partial charge on any atom is -0.394 e. The fourth-order valence-corrected chi connectivity index (χ4v) is 2.77. The molecule has 0 radical (unpaired) electrons. The Balaban J connectivity index is 1.63. The van der Waals surface area contributed by atoms with Gasteiger partial charge in [-0.25, -0.2) is 0 Å². The van der Waals surface area contributed by atoms with Crippen LogP contribution in [0.5, 0.6) is 0 Å². The molecule has 0 bridgehead atoms. The third kappa shape index (κ3) is 4.20. The maximum atomic E-state index is 10.1. The van der Waals surface area contributed by atoms with Gasteiger partial charge >= 0.3 is 0 Å². The highest BCUT2D eigenvalue weighted by Gasteiger charge is 2.45. The van der Waals surface area contributed by atoms with Gasteiger partial charge in [-0.15, -0.1) is 0 Å². The van der Waals surface area contributed by atoms with Gasteiger partial charge in [0.1, 0.15) is 18.3 Å². The van der Waals surface area contributed by atoms with E-state index in [1.165, 1.54) is 0 Å². The molecule has 1 aliphatic heterocycles. The van der Waals surface area contributed by atoms with Crippen molar-refractivity contribution in [3.8, 4) is 0 Å². The zero-order chi connectivity index (χ0) is 16.8. The first kappa shape index (κ1) is 17.1. The predicted molar refractivity (Wildman–Crippen MR) is 88.0 cm³/mol. The zero-order valence-corrected chi connectivity index (χ0v) is 13.3. The van der Waals surface area contributed by atoms with Crippen molar-refractivity contribution in [3.05, 3.63) is 71.8 Å². The van der Waals surface area contributed by atoms with Crippen LogP contribution in [0.15, 0.2) is 60.7 Å². The van der Waals surface area contributed by atoms with Crippen LogP contribution in [-0.2, 0) is 27.4 Å². The maximum absolute atomic E-state index is 10.1. The molecule has 0 amide bonds. The summed E-state index contributed by atoms with van der Waals surface area (Å²) >= 11 is 0. The second-order valence-corrected chi connectivity index (χ2v) is 5.77. The monoisotopic (exact) mass is 330 g/mol. The van der Waals surface area contributed by atoms with Gasteiger partial charge in [0.05, 0.1) is 19.8 Å². The highest BCUT2D eigenvalue weighted by molar-refractivity contribution is 5.14. The summed E-state index contributed by atoms with van der Waals surface area (Å²) < 4.78 is 17.1. The fourth-order valence-electron chi connectivity index (χ4n) is 2.77. The SMILES string of the molecule is OC[C@@H]1OC(O)[C@@H](OCc2ccccc2)[C@@H]1OCc1ccccc1. The molecule has 2 aromatic rings. The van der Waals surface area contributed by atoms with E-state index < -0.39 is 24.6 Å². The average Bonchev–Trinajstić information content (AvgIpc) is 2.94. The molecule has 1 aliphatic rings. The molecule has 0 saturated carbocycles. The summed E-state index contributed by atoms with van der Waals surface area (Å²) in [5.41, 5.74) is 2.01. The first-order valence-electron chi connectivity index (χ1n) is 8.03. The van der Waals surface area contributed by atoms with Crippen molar-refractivity contribution < 1.29 is 24.4 Å². The Morgan fingerprint density at radius 1 is 0.792 bits per heavy atom. The molecule has 4 atom stereocenters. The van der Waals surface area contributed by atoms with Gasteiger partial charge in [0.2, 0.25) is 0 Å². The molecule has 5 heteroatoms. The van der Waals surface area contributed by atoms with Crippen molar-refractivity contribution in [2.75, 3.05) is 6.61 Å². The number of aliphatic hydroxyl groups excluding tert-OH is 2. The summed E-state index contributed by atoms with van der Waals surface area (Å²) in [6.07, 6.45) is -2.91. The molecule has 1 fully saturated rings. The van der Waals surface area contributed by atoms with Gasteiger partial charge in [-0.1, -0.05) is 60.7 Å². The van der Waals surface area contributed by atoms with Crippen molar-refractivity contribution in [2.45, 2.75) is 37.8 Å². The fraction of sp³-hybridized carbons (Fsp3) is 0.368. The number of hydrogen-bond acceptors (Lipinski definition) is 5. The Hall–Kier alpha value is -1.76. The van der Waals surface area contributed by atoms with E-state index in [1.807, 2.05) is 60.7 Å². The van der Waals surface area contributed by atoms with Gasteiger partial charge < -0.3 is 24.4 Å². The zero-order valence-electron chi connectivity index (χ0n) is 13.3. The third-order valence-electron chi connectivity index (χ3n) is 4.04. The number of ether oxygens (including phenoxy) is 3. The van der Waals surface area contributed by atoms with Crippen LogP contribution >= 0.6 is 0 Å². The number of rotatable bonds is 7. The highest BCUT2D eigenvalue weighted by Crippen LogP contribution is 2.27. The van der Waals surface area contributed by atoms with Gasteiger partial charge in [-0.05, 0) is 11.1 Å². The molecule has 128 valence electrons. The average molecular weight is 330 g/mol. The molecule has 24 heavy (non-hydrogen) atoms. The lowest BCUT2D eigenvalue weighted by molar-refractivity contribution is -0.151. The standard InChI is InChI=1S/C19H22O5/c20-11-16-17(22-12-14-7-3-1-4-8-14)18(19(21)24-16)23-13-15-9-5-2-6-10-15/h1-10,16-21H,11-13H2/t16-,17+,18-,19?/m0/s1. The van der Waals surface area contributed by atoms with Crippen LogP contribution < -0.4 is 0 Å².